The number of fused-ring (bicyclic) bond motifs is 2. The van der Waals surface area contributed by atoms with Gasteiger partial charge in [-0.25, -0.2) is 19.6 Å². The second kappa shape index (κ2) is 18.5. The molecule has 0 spiro atoms. The number of esters is 1. The van der Waals surface area contributed by atoms with Crippen molar-refractivity contribution in [3.63, 3.8) is 0 Å². The van der Waals surface area contributed by atoms with E-state index in [1.165, 1.54) is 0 Å². The van der Waals surface area contributed by atoms with Crippen LogP contribution in [0.25, 0.3) is 22.1 Å². The van der Waals surface area contributed by atoms with Gasteiger partial charge < -0.3 is 39.9 Å². The number of carbonyl (C=O) groups excluding carboxylic acids is 3. The molecule has 5 N–H and O–H groups in total. The molecule has 3 atom stereocenters. The number of nitrogens with one attached hydrogen (secondary N) is 4. The van der Waals surface area contributed by atoms with E-state index >= 15 is 0 Å². The van der Waals surface area contributed by atoms with E-state index in [-0.39, 0.29) is 19.6 Å². The van der Waals surface area contributed by atoms with E-state index in [0.29, 0.717) is 41.0 Å². The van der Waals surface area contributed by atoms with Gasteiger partial charge in [0.2, 0.25) is 0 Å². The highest BCUT2D eigenvalue weighted by Gasteiger charge is 2.42. The summed E-state index contributed by atoms with van der Waals surface area (Å²) >= 11 is 0. The van der Waals surface area contributed by atoms with Gasteiger partial charge in [0, 0.05) is 0 Å². The predicted octanol–water partition coefficient (Wildman–Crippen LogP) is 8.64. The number of hydrogen-bond acceptors (Lipinski definition) is 9. The number of hydrogen-bond donors (Lipinski definition) is 5. The summed E-state index contributed by atoms with van der Waals surface area (Å²) in [7, 11) is 0. The van der Waals surface area contributed by atoms with Crippen LogP contribution in [0, 0.1) is 11.3 Å². The topological polar surface area (TPSA) is 198 Å². The van der Waals surface area contributed by atoms with Gasteiger partial charge in [0.1, 0.15) is 42.5 Å². The minimum absolute atomic E-state index is 0.0302. The number of aryl methyl sites for hydroxylation is 2. The lowest BCUT2D eigenvalue weighted by atomic mass is 9.76. The van der Waals surface area contributed by atoms with Crippen LogP contribution in [0.3, 0.4) is 0 Å². The van der Waals surface area contributed by atoms with Gasteiger partial charge >= 0.3 is 24.1 Å². The number of H-pyrrole nitrogens is 2. The van der Waals surface area contributed by atoms with E-state index in [1.807, 2.05) is 97.1 Å². The first-order chi connectivity index (χ1) is 28.5. The Bertz CT molecular complexity index is 2430. The fourth-order valence-corrected chi connectivity index (χ4v) is 6.95. The van der Waals surface area contributed by atoms with Crippen molar-refractivity contribution in [2.75, 3.05) is 0 Å². The zero-order valence-corrected chi connectivity index (χ0v) is 34.7. The number of benzene rings is 4. The summed E-state index contributed by atoms with van der Waals surface area (Å²) in [5.74, 6) is -1.90. The minimum Gasteiger partial charge on any atom is -0.481 e. The molecule has 0 bridgehead atoms. The van der Waals surface area contributed by atoms with E-state index in [2.05, 4.69) is 20.6 Å². The summed E-state index contributed by atoms with van der Waals surface area (Å²) in [6, 6.07) is 28.3. The summed E-state index contributed by atoms with van der Waals surface area (Å²) in [4.78, 5) is 67.5. The van der Waals surface area contributed by atoms with E-state index in [9.17, 15) is 24.3 Å². The molecule has 2 aromatic heterocycles. The van der Waals surface area contributed by atoms with Crippen molar-refractivity contribution in [3.8, 4) is 0 Å². The van der Waals surface area contributed by atoms with Gasteiger partial charge in [-0.15, -0.1) is 0 Å². The van der Waals surface area contributed by atoms with Gasteiger partial charge in [0.05, 0.1) is 34.4 Å². The van der Waals surface area contributed by atoms with E-state index < -0.39 is 53.1 Å². The predicted molar refractivity (Wildman–Crippen MR) is 226 cm³/mol. The molecule has 0 aliphatic rings. The third-order valence-electron chi connectivity index (χ3n) is 9.77. The highest BCUT2D eigenvalue weighted by molar-refractivity contribution is 5.79. The minimum atomic E-state index is -1.07. The molecule has 2 heterocycles. The van der Waals surface area contributed by atoms with Crippen LogP contribution in [-0.2, 0) is 49.9 Å². The maximum absolute atomic E-state index is 13.0. The molecule has 1 unspecified atom stereocenters. The number of aliphatic carboxylic acids is 1. The Kier molecular flexibility index (Phi) is 13.2. The highest BCUT2D eigenvalue weighted by atomic mass is 16.6. The maximum Gasteiger partial charge on any atom is 0.408 e. The molecule has 6 aromatic rings. The van der Waals surface area contributed by atoms with Crippen molar-refractivity contribution in [2.24, 2.45) is 11.3 Å². The fourth-order valence-electron chi connectivity index (χ4n) is 6.95. The van der Waals surface area contributed by atoms with Gasteiger partial charge in [0.25, 0.3) is 0 Å². The zero-order chi connectivity index (χ0) is 43.0. The molecule has 14 nitrogen and oxygen atoms in total. The third-order valence-corrected chi connectivity index (χ3v) is 9.77. The Balaban J connectivity index is 1.16. The molecule has 0 saturated heterocycles. The van der Waals surface area contributed by atoms with Crippen LogP contribution in [0.4, 0.5) is 9.59 Å². The number of rotatable bonds is 15. The van der Waals surface area contributed by atoms with Gasteiger partial charge in [-0.05, 0) is 85.5 Å². The SMILES string of the molecule is CC(C)(C)OC(=O)C[C@H](NC(=O)OCc1ccccc1)c1nc2ccc(CCc3ccc4nc([C@@H](NC(=O)OCc5ccccc5)C(C(=O)O)C(C)(C)C)[nH]c4c3)cc2[nH]1. The summed E-state index contributed by atoms with van der Waals surface area (Å²) in [6.07, 6.45) is -0.271. The van der Waals surface area contributed by atoms with Gasteiger partial charge in [-0.1, -0.05) is 93.6 Å². The molecule has 4 aromatic carbocycles. The largest absolute Gasteiger partial charge is 0.481 e. The number of imidazole rings is 2. The lowest BCUT2D eigenvalue weighted by Crippen LogP contribution is -2.43. The van der Waals surface area contributed by atoms with Crippen LogP contribution in [0.15, 0.2) is 97.1 Å². The maximum atomic E-state index is 13.0. The second-order valence-corrected chi connectivity index (χ2v) is 16.9. The quantitative estimate of drug-likeness (QED) is 0.0494. The molecule has 60 heavy (non-hydrogen) atoms. The molecular formula is C46H52N6O8. The Hall–Kier alpha value is -6.70. The molecule has 314 valence electrons. The smallest absolute Gasteiger partial charge is 0.408 e. The molecule has 0 aliphatic heterocycles. The van der Waals surface area contributed by atoms with E-state index in [1.54, 1.807) is 41.5 Å². The van der Waals surface area contributed by atoms with Gasteiger partial charge in [-0.2, -0.15) is 0 Å². The van der Waals surface area contributed by atoms with Crippen LogP contribution in [0.2, 0.25) is 0 Å². The molecule has 2 amide bonds. The number of carboxylic acid groups (broad SMARTS) is 1. The number of carboxylic acids is 1. The van der Waals surface area contributed by atoms with Gasteiger partial charge in [0.15, 0.2) is 0 Å². The van der Waals surface area contributed by atoms with Crippen LogP contribution in [-0.4, -0.2) is 54.8 Å². The molecule has 0 aliphatic carbocycles. The third kappa shape index (κ3) is 11.7. The molecule has 14 heteroatoms. The summed E-state index contributed by atoms with van der Waals surface area (Å²) in [5, 5.41) is 15.9. The van der Waals surface area contributed by atoms with Crippen LogP contribution >= 0.6 is 0 Å². The van der Waals surface area contributed by atoms with Crippen molar-refractivity contribution >= 4 is 46.2 Å². The Morgan fingerprint density at radius 2 is 1.13 bits per heavy atom. The van der Waals surface area contributed by atoms with E-state index in [0.717, 1.165) is 27.8 Å². The van der Waals surface area contributed by atoms with Crippen LogP contribution in [0.1, 0.15) is 93.9 Å². The first-order valence-electron chi connectivity index (χ1n) is 19.9. The number of amides is 2. The average Bonchev–Trinajstić information content (AvgIpc) is 3.81. The van der Waals surface area contributed by atoms with Gasteiger partial charge in [-0.3, -0.25) is 9.59 Å². The number of carbonyl (C=O) groups is 4. The Morgan fingerprint density at radius 1 is 0.650 bits per heavy atom. The molecule has 6 rings (SSSR count). The second-order valence-electron chi connectivity index (χ2n) is 16.9. The first kappa shape index (κ1) is 42.9. The number of alkyl carbamates (subject to hydrolysis) is 2. The number of aromatic amines is 2. The number of nitrogens with zero attached hydrogens (tertiary/aromatic N) is 2. The van der Waals surface area contributed by atoms with Crippen molar-refractivity contribution < 1.29 is 38.5 Å². The van der Waals surface area contributed by atoms with Crippen molar-refractivity contribution in [2.45, 2.75) is 91.7 Å². The van der Waals surface area contributed by atoms with Crippen molar-refractivity contribution in [3.05, 3.63) is 131 Å². The Morgan fingerprint density at radius 3 is 1.62 bits per heavy atom. The van der Waals surface area contributed by atoms with E-state index in [4.69, 9.17) is 24.2 Å². The first-order valence-corrected chi connectivity index (χ1v) is 19.9. The molecule has 0 fully saturated rings. The van der Waals surface area contributed by atoms with Crippen LogP contribution < -0.4 is 10.6 Å². The van der Waals surface area contributed by atoms with Crippen LogP contribution in [0.5, 0.6) is 0 Å². The summed E-state index contributed by atoms with van der Waals surface area (Å²) in [5.41, 5.74) is 4.93. The monoisotopic (exact) mass is 816 g/mol. The number of ether oxygens (including phenoxy) is 3. The lowest BCUT2D eigenvalue weighted by Gasteiger charge is -2.33. The van der Waals surface area contributed by atoms with Crippen molar-refractivity contribution in [1.29, 1.82) is 0 Å². The molecular weight excluding hydrogens is 765 g/mol. The summed E-state index contributed by atoms with van der Waals surface area (Å²) < 4.78 is 16.5. The lowest BCUT2D eigenvalue weighted by molar-refractivity contribution is -0.155. The zero-order valence-electron chi connectivity index (χ0n) is 34.7. The Labute approximate surface area is 348 Å². The highest BCUT2D eigenvalue weighted by Crippen LogP contribution is 2.37. The molecule has 0 saturated carbocycles. The average molecular weight is 817 g/mol. The van der Waals surface area contributed by atoms with Crippen molar-refractivity contribution in [1.82, 2.24) is 30.6 Å². The normalized spacial score (nSPS) is 13.3. The molecule has 0 radical (unpaired) electrons. The summed E-state index contributed by atoms with van der Waals surface area (Å²) in [6.45, 7) is 10.9. The fraction of sp³-hybridized carbons (Fsp3) is 0.348. The standard InChI is InChI=1S/C46H52N6O8/c1-45(2,3)38(42(54)55)39(52-44(57)59-27-31-15-11-8-12-16-31)41-48-33-22-20-29(24-35(33)50-41)18-17-28-19-21-32-34(23-28)49-40(47-32)36(25-37(53)60-46(4,5)6)51-43(56)58-26-30-13-9-7-10-14-30/h7-16,19-24,36,38-39H,17-18,25-27H2,1-6H3,(H,47,49)(H,48,50)(H,51,56)(H,52,57)(H,54,55)/t36-,38?,39-/m0/s1. The number of aromatic nitrogens is 4.